The van der Waals surface area contributed by atoms with Crippen LogP contribution in [-0.2, 0) is 0 Å². The quantitative estimate of drug-likeness (QED) is 0.404. The fraction of sp³-hybridized carbons (Fsp3) is 0. The van der Waals surface area contributed by atoms with Crippen molar-refractivity contribution in [3.8, 4) is 0 Å². The van der Waals surface area contributed by atoms with Gasteiger partial charge in [-0.1, -0.05) is 29.6 Å². The fourth-order valence-corrected chi connectivity index (χ4v) is 1.03. The molecular formula is C5H10Si2. The van der Waals surface area contributed by atoms with Crippen molar-refractivity contribution in [2.45, 2.75) is 0 Å². The van der Waals surface area contributed by atoms with Crippen LogP contribution in [0.25, 0.3) is 0 Å². The third-order valence-corrected chi connectivity index (χ3v) is 1.56. The highest BCUT2D eigenvalue weighted by molar-refractivity contribution is 6.26. The summed E-state index contributed by atoms with van der Waals surface area (Å²) in [5, 5.41) is 0. The SMILES string of the molecule is [SiH4].c1cc[siH]cc1. The Morgan fingerprint density at radius 1 is 0.857 bits per heavy atom. The Bertz CT molecular complexity index is 78.0. The Labute approximate surface area is 50.3 Å². The Morgan fingerprint density at radius 3 is 1.57 bits per heavy atom. The Hall–Kier alpha value is -0.216. The third kappa shape index (κ3) is 2.48. The summed E-state index contributed by atoms with van der Waals surface area (Å²) in [5.41, 5.74) is 4.42. The average molecular weight is 126 g/mol. The van der Waals surface area contributed by atoms with E-state index >= 15 is 0 Å². The van der Waals surface area contributed by atoms with Gasteiger partial charge in [-0.3, -0.25) is 0 Å². The first kappa shape index (κ1) is 6.78. The van der Waals surface area contributed by atoms with Crippen LogP contribution < -0.4 is 0 Å². The maximum atomic E-state index is 2.21. The highest BCUT2D eigenvalue weighted by atomic mass is 28.2. The van der Waals surface area contributed by atoms with E-state index in [1.165, 1.54) is 0 Å². The molecule has 0 saturated carbocycles. The zero-order valence-corrected chi connectivity index (χ0v) is 4.62. The van der Waals surface area contributed by atoms with Crippen LogP contribution >= 0.6 is 0 Å². The molecule has 0 atom stereocenters. The van der Waals surface area contributed by atoms with Crippen LogP contribution in [0.15, 0.2) is 29.6 Å². The summed E-state index contributed by atoms with van der Waals surface area (Å²) < 4.78 is 0. The van der Waals surface area contributed by atoms with Gasteiger partial charge >= 0.3 is 0 Å². The van der Waals surface area contributed by atoms with E-state index in [1.807, 2.05) is 0 Å². The lowest BCUT2D eigenvalue weighted by atomic mass is 10.6. The molecule has 2 heteroatoms. The van der Waals surface area contributed by atoms with Crippen LogP contribution in [0.4, 0.5) is 0 Å². The Kier molecular flexibility index (Phi) is 3.83. The van der Waals surface area contributed by atoms with E-state index in [2.05, 4.69) is 29.6 Å². The van der Waals surface area contributed by atoms with Gasteiger partial charge in [-0.05, 0) is 11.0 Å². The topological polar surface area (TPSA) is 0 Å². The van der Waals surface area contributed by atoms with Crippen molar-refractivity contribution in [3.05, 3.63) is 29.6 Å². The molecule has 0 nitrogen and oxygen atoms in total. The van der Waals surface area contributed by atoms with Crippen molar-refractivity contribution >= 4 is 20.1 Å². The van der Waals surface area contributed by atoms with Crippen molar-refractivity contribution in [2.75, 3.05) is 0 Å². The van der Waals surface area contributed by atoms with E-state index in [0.717, 1.165) is 0 Å². The van der Waals surface area contributed by atoms with Gasteiger partial charge in [0.15, 0.2) is 0 Å². The summed E-state index contributed by atoms with van der Waals surface area (Å²) in [7, 11) is 0.513. The molecule has 1 heterocycles. The second-order valence-corrected chi connectivity index (χ2v) is 2.31. The van der Waals surface area contributed by atoms with E-state index in [1.54, 1.807) is 0 Å². The van der Waals surface area contributed by atoms with E-state index in [4.69, 9.17) is 0 Å². The Morgan fingerprint density at radius 2 is 1.43 bits per heavy atom. The van der Waals surface area contributed by atoms with Crippen molar-refractivity contribution < 1.29 is 0 Å². The molecule has 0 saturated heterocycles. The highest BCUT2D eigenvalue weighted by Gasteiger charge is 1.58. The molecule has 0 spiro atoms. The normalized spacial score (nSPS) is 6.86. The lowest BCUT2D eigenvalue weighted by Gasteiger charge is -1.69. The largest absolute Gasteiger partial charge is 0.0805 e. The van der Waals surface area contributed by atoms with Gasteiger partial charge in [0.2, 0.25) is 0 Å². The van der Waals surface area contributed by atoms with Crippen LogP contribution in [0.2, 0.25) is 0 Å². The molecule has 0 radical (unpaired) electrons. The summed E-state index contributed by atoms with van der Waals surface area (Å²) in [4.78, 5) is 0. The number of rotatable bonds is 0. The van der Waals surface area contributed by atoms with Gasteiger partial charge in [-0.15, -0.1) is 0 Å². The van der Waals surface area contributed by atoms with E-state index in [9.17, 15) is 0 Å². The number of hydrogen-bond acceptors (Lipinski definition) is 0. The van der Waals surface area contributed by atoms with Crippen LogP contribution in [0.3, 0.4) is 0 Å². The van der Waals surface area contributed by atoms with Gasteiger partial charge in [0.05, 0.1) is 0 Å². The third-order valence-electron chi connectivity index (χ3n) is 0.667. The molecule has 1 rings (SSSR count). The second kappa shape index (κ2) is 3.96. The van der Waals surface area contributed by atoms with Gasteiger partial charge in [-0.2, -0.15) is 0 Å². The lowest BCUT2D eigenvalue weighted by molar-refractivity contribution is 1.87. The van der Waals surface area contributed by atoms with Crippen molar-refractivity contribution in [1.29, 1.82) is 0 Å². The molecule has 1 aromatic heterocycles. The molecule has 38 valence electrons. The second-order valence-electron chi connectivity index (χ2n) is 1.15. The molecular weight excluding hydrogens is 116 g/mol. The highest BCUT2D eigenvalue weighted by Crippen LogP contribution is 1.73. The first-order valence-corrected chi connectivity index (χ1v) is 3.33. The van der Waals surface area contributed by atoms with Gasteiger partial charge in [-0.25, -0.2) is 0 Å². The van der Waals surface area contributed by atoms with E-state index in [-0.39, 0.29) is 11.0 Å². The zero-order valence-electron chi connectivity index (χ0n) is 3.46. The lowest BCUT2D eigenvalue weighted by Crippen LogP contribution is -1.60. The molecule has 0 aromatic carbocycles. The van der Waals surface area contributed by atoms with Crippen molar-refractivity contribution in [2.24, 2.45) is 0 Å². The predicted octanol–water partition coefficient (Wildman–Crippen LogP) is -0.695. The monoisotopic (exact) mass is 126 g/mol. The van der Waals surface area contributed by atoms with Crippen LogP contribution in [0.5, 0.6) is 0 Å². The molecule has 0 fully saturated rings. The van der Waals surface area contributed by atoms with Gasteiger partial charge in [0.1, 0.15) is 0 Å². The summed E-state index contributed by atoms with van der Waals surface area (Å²) in [5.74, 6) is 0. The van der Waals surface area contributed by atoms with Crippen molar-refractivity contribution in [1.82, 2.24) is 0 Å². The first-order chi connectivity index (χ1) is 3.00. The minimum absolute atomic E-state index is 0. The fourth-order valence-electron chi connectivity index (χ4n) is 0.385. The van der Waals surface area contributed by atoms with Crippen LogP contribution in [0, 0.1) is 0 Å². The smallest absolute Gasteiger partial charge is 0.0198 e. The molecule has 0 aliphatic rings. The first-order valence-electron chi connectivity index (χ1n) is 2.00. The molecule has 7 heavy (non-hydrogen) atoms. The van der Waals surface area contributed by atoms with Crippen molar-refractivity contribution in [3.63, 3.8) is 0 Å². The molecule has 0 unspecified atom stereocenters. The summed E-state index contributed by atoms with van der Waals surface area (Å²) in [6.07, 6.45) is 0. The minimum atomic E-state index is 0. The molecule has 0 aliphatic heterocycles. The maximum absolute atomic E-state index is 2.21. The molecule has 0 N–H and O–H groups in total. The van der Waals surface area contributed by atoms with E-state index < -0.39 is 0 Å². The molecule has 1 aromatic rings. The average Bonchev–Trinajstić information content (AvgIpc) is 1.72. The van der Waals surface area contributed by atoms with E-state index in [0.29, 0.717) is 9.12 Å². The summed E-state index contributed by atoms with van der Waals surface area (Å²) in [6.45, 7) is 0. The summed E-state index contributed by atoms with van der Waals surface area (Å²) >= 11 is 0. The minimum Gasteiger partial charge on any atom is -0.0805 e. The Balaban J connectivity index is 0.000000360. The number of hydrogen-bond donors (Lipinski definition) is 0. The van der Waals surface area contributed by atoms with Crippen LogP contribution in [-0.4, -0.2) is 20.1 Å². The molecule has 0 aliphatic carbocycles. The molecule has 0 amide bonds. The maximum Gasteiger partial charge on any atom is 0.0198 e. The standard InChI is InChI=1S/C5H6Si.H4Si/c1-2-4-6-5-3-1;/h1-6H;1H4. The van der Waals surface area contributed by atoms with Gasteiger partial charge in [0.25, 0.3) is 0 Å². The predicted molar refractivity (Wildman–Crippen MR) is 40.5 cm³/mol. The van der Waals surface area contributed by atoms with Gasteiger partial charge < -0.3 is 0 Å². The zero-order chi connectivity index (χ0) is 4.24. The van der Waals surface area contributed by atoms with Gasteiger partial charge in [0, 0.05) is 9.12 Å². The molecule has 0 bridgehead atoms. The van der Waals surface area contributed by atoms with Crippen LogP contribution in [0.1, 0.15) is 0 Å². The summed E-state index contributed by atoms with van der Waals surface area (Å²) in [6, 6.07) is 6.24.